The van der Waals surface area contributed by atoms with Crippen LogP contribution in [0.3, 0.4) is 0 Å². The van der Waals surface area contributed by atoms with Crippen molar-refractivity contribution in [3.05, 3.63) is 33.9 Å². The molecular formula is C18H24N4O3. The number of benzene rings is 1. The Kier molecular flexibility index (Phi) is 5.43. The summed E-state index contributed by atoms with van der Waals surface area (Å²) in [6.45, 7) is 5.73. The Morgan fingerprint density at radius 2 is 2.08 bits per heavy atom. The molecule has 0 amide bonds. The van der Waals surface area contributed by atoms with E-state index in [1.165, 1.54) is 0 Å². The number of rotatable bonds is 3. The molecule has 0 spiro atoms. The van der Waals surface area contributed by atoms with E-state index in [0.29, 0.717) is 25.1 Å². The van der Waals surface area contributed by atoms with Crippen LogP contribution in [0.15, 0.2) is 23.2 Å². The monoisotopic (exact) mass is 344 g/mol. The number of carbonyl (C=O) groups excluding carboxylic acids is 1. The number of nitro benzene ring substituents is 1. The number of nitro groups is 1. The van der Waals surface area contributed by atoms with Crippen molar-refractivity contribution in [3.8, 4) is 0 Å². The van der Waals surface area contributed by atoms with Gasteiger partial charge in [0.2, 0.25) is 0 Å². The first-order chi connectivity index (χ1) is 12.1. The second-order valence-corrected chi connectivity index (χ2v) is 6.71. The van der Waals surface area contributed by atoms with E-state index >= 15 is 0 Å². The highest BCUT2D eigenvalue weighted by atomic mass is 16.6. The van der Waals surface area contributed by atoms with Crippen molar-refractivity contribution in [3.63, 3.8) is 0 Å². The van der Waals surface area contributed by atoms with Gasteiger partial charge < -0.3 is 10.2 Å². The topological polar surface area (TPSA) is 87.8 Å². The average Bonchev–Trinajstić information content (AvgIpc) is 2.60. The van der Waals surface area contributed by atoms with Crippen LogP contribution in [0, 0.1) is 16.0 Å². The quantitative estimate of drug-likeness (QED) is 0.671. The molecule has 0 saturated carbocycles. The average molecular weight is 344 g/mol. The van der Waals surface area contributed by atoms with Gasteiger partial charge in [-0.15, -0.1) is 0 Å². The Bertz CT molecular complexity index is 696. The van der Waals surface area contributed by atoms with E-state index in [1.807, 2.05) is 24.0 Å². The molecule has 2 heterocycles. The molecule has 1 aromatic rings. The van der Waals surface area contributed by atoms with Gasteiger partial charge in [-0.05, 0) is 12.5 Å². The number of nitrogens with zero attached hydrogens (tertiary/aromatic N) is 3. The van der Waals surface area contributed by atoms with E-state index in [1.54, 1.807) is 6.07 Å². The summed E-state index contributed by atoms with van der Waals surface area (Å²) in [5.74, 6) is 0.226. The molecule has 134 valence electrons. The van der Waals surface area contributed by atoms with Crippen molar-refractivity contribution in [2.45, 2.75) is 26.2 Å². The molecule has 7 nitrogen and oxygen atoms in total. The minimum absolute atomic E-state index is 0.0163. The lowest BCUT2D eigenvalue weighted by atomic mass is 9.90. The number of Topliss-reactive ketones (excluding diaryl/α,β-unsaturated/α-hetero) is 1. The number of ketones is 1. The SMILES string of the molecule is CC1CC(=O)CCCN=C1c1ccc(N2CCNCC2)c([N+](=O)[O-])c1. The van der Waals surface area contributed by atoms with Gasteiger partial charge in [0.1, 0.15) is 11.5 Å². The van der Waals surface area contributed by atoms with Gasteiger partial charge >= 0.3 is 0 Å². The van der Waals surface area contributed by atoms with Crippen LogP contribution in [0.4, 0.5) is 11.4 Å². The Labute approximate surface area is 147 Å². The van der Waals surface area contributed by atoms with Crippen LogP contribution in [-0.2, 0) is 4.79 Å². The van der Waals surface area contributed by atoms with Crippen LogP contribution in [0.1, 0.15) is 31.7 Å². The van der Waals surface area contributed by atoms with Crippen molar-refractivity contribution in [2.75, 3.05) is 37.6 Å². The molecule has 1 saturated heterocycles. The molecule has 0 aliphatic carbocycles. The smallest absolute Gasteiger partial charge is 0.293 e. The molecule has 1 unspecified atom stereocenters. The predicted molar refractivity (Wildman–Crippen MR) is 97.6 cm³/mol. The van der Waals surface area contributed by atoms with Crippen molar-refractivity contribution in [1.29, 1.82) is 0 Å². The number of hydrogen-bond acceptors (Lipinski definition) is 6. The Morgan fingerprint density at radius 3 is 2.80 bits per heavy atom. The van der Waals surface area contributed by atoms with Crippen molar-refractivity contribution >= 4 is 22.9 Å². The maximum Gasteiger partial charge on any atom is 0.293 e. The molecule has 1 N–H and O–H groups in total. The van der Waals surface area contributed by atoms with Crippen LogP contribution in [0.2, 0.25) is 0 Å². The highest BCUT2D eigenvalue weighted by Crippen LogP contribution is 2.31. The van der Waals surface area contributed by atoms with Crippen molar-refractivity contribution in [2.24, 2.45) is 10.9 Å². The van der Waals surface area contributed by atoms with E-state index in [4.69, 9.17) is 0 Å². The first-order valence-corrected chi connectivity index (χ1v) is 8.87. The zero-order valence-electron chi connectivity index (χ0n) is 14.5. The summed E-state index contributed by atoms with van der Waals surface area (Å²) in [7, 11) is 0. The molecular weight excluding hydrogens is 320 g/mol. The molecule has 1 aromatic carbocycles. The van der Waals surface area contributed by atoms with Gasteiger partial charge in [0.05, 0.1) is 4.92 Å². The maximum atomic E-state index is 11.9. The van der Waals surface area contributed by atoms with Gasteiger partial charge in [0.25, 0.3) is 5.69 Å². The first kappa shape index (κ1) is 17.5. The van der Waals surface area contributed by atoms with Gasteiger partial charge in [-0.3, -0.25) is 19.9 Å². The molecule has 25 heavy (non-hydrogen) atoms. The zero-order valence-corrected chi connectivity index (χ0v) is 14.5. The number of hydrogen-bond donors (Lipinski definition) is 1. The summed E-state index contributed by atoms with van der Waals surface area (Å²) in [5, 5.41) is 14.9. The zero-order chi connectivity index (χ0) is 17.8. The van der Waals surface area contributed by atoms with Gasteiger partial charge in [-0.2, -0.15) is 0 Å². The third-order valence-electron chi connectivity index (χ3n) is 4.82. The first-order valence-electron chi connectivity index (χ1n) is 8.87. The number of nitrogens with one attached hydrogen (secondary N) is 1. The second-order valence-electron chi connectivity index (χ2n) is 6.71. The molecule has 0 radical (unpaired) electrons. The van der Waals surface area contributed by atoms with Gasteiger partial charge in [0, 0.05) is 68.8 Å². The third kappa shape index (κ3) is 4.04. The number of anilines is 1. The van der Waals surface area contributed by atoms with E-state index in [9.17, 15) is 14.9 Å². The van der Waals surface area contributed by atoms with Crippen LogP contribution >= 0.6 is 0 Å². The summed E-state index contributed by atoms with van der Waals surface area (Å²) in [6.07, 6.45) is 1.77. The molecule has 1 atom stereocenters. The lowest BCUT2D eigenvalue weighted by Gasteiger charge is -2.29. The summed E-state index contributed by atoms with van der Waals surface area (Å²) in [6, 6.07) is 5.36. The van der Waals surface area contributed by atoms with E-state index in [2.05, 4.69) is 10.3 Å². The fourth-order valence-corrected chi connectivity index (χ4v) is 3.55. The van der Waals surface area contributed by atoms with Crippen LogP contribution in [0.25, 0.3) is 0 Å². The molecule has 2 aliphatic rings. The summed E-state index contributed by atoms with van der Waals surface area (Å²) >= 11 is 0. The molecule has 3 rings (SSSR count). The normalized spacial score (nSPS) is 22.1. The number of carbonyl (C=O) groups is 1. The van der Waals surface area contributed by atoms with Crippen LogP contribution in [-0.4, -0.2) is 49.1 Å². The molecule has 7 heteroatoms. The third-order valence-corrected chi connectivity index (χ3v) is 4.82. The van der Waals surface area contributed by atoms with E-state index in [0.717, 1.165) is 43.9 Å². The second kappa shape index (κ2) is 7.74. The fraction of sp³-hybridized carbons (Fsp3) is 0.556. The number of piperazine rings is 1. The molecule has 2 aliphatic heterocycles. The van der Waals surface area contributed by atoms with Crippen LogP contribution < -0.4 is 10.2 Å². The van der Waals surface area contributed by atoms with Gasteiger partial charge in [-0.25, -0.2) is 0 Å². The molecule has 0 bridgehead atoms. The predicted octanol–water partition coefficient (Wildman–Crippen LogP) is 2.18. The van der Waals surface area contributed by atoms with Crippen molar-refractivity contribution < 1.29 is 9.72 Å². The summed E-state index contributed by atoms with van der Waals surface area (Å²) in [5.41, 5.74) is 2.34. The largest absolute Gasteiger partial charge is 0.363 e. The maximum absolute atomic E-state index is 11.9. The molecule has 0 aromatic heterocycles. The van der Waals surface area contributed by atoms with E-state index in [-0.39, 0.29) is 22.3 Å². The standard InChI is InChI=1S/C18H24N4O3/c1-13-11-15(23)3-2-6-20-18(13)14-4-5-16(17(12-14)22(24)25)21-9-7-19-8-10-21/h4-5,12-13,19H,2-3,6-11H2,1H3. The minimum atomic E-state index is -0.319. The fourth-order valence-electron chi connectivity index (χ4n) is 3.55. The van der Waals surface area contributed by atoms with Crippen molar-refractivity contribution in [1.82, 2.24) is 5.32 Å². The lowest BCUT2D eigenvalue weighted by Crippen LogP contribution is -2.43. The lowest BCUT2D eigenvalue weighted by molar-refractivity contribution is -0.384. The summed E-state index contributed by atoms with van der Waals surface area (Å²) < 4.78 is 0. The summed E-state index contributed by atoms with van der Waals surface area (Å²) in [4.78, 5) is 29.9. The minimum Gasteiger partial charge on any atom is -0.363 e. The Hall–Kier alpha value is -2.28. The molecule has 1 fully saturated rings. The highest BCUT2D eigenvalue weighted by Gasteiger charge is 2.25. The number of aliphatic imine (C=N–C) groups is 1. The van der Waals surface area contributed by atoms with E-state index < -0.39 is 0 Å². The highest BCUT2D eigenvalue weighted by molar-refractivity contribution is 6.05. The van der Waals surface area contributed by atoms with Gasteiger partial charge in [-0.1, -0.05) is 13.0 Å². The van der Waals surface area contributed by atoms with Gasteiger partial charge in [0.15, 0.2) is 0 Å². The Balaban J connectivity index is 1.95. The Morgan fingerprint density at radius 1 is 1.32 bits per heavy atom. The van der Waals surface area contributed by atoms with Crippen LogP contribution in [0.5, 0.6) is 0 Å².